The van der Waals surface area contributed by atoms with Crippen LogP contribution in [-0.2, 0) is 14.4 Å². The van der Waals surface area contributed by atoms with E-state index in [1.165, 1.54) is 0 Å². The highest BCUT2D eigenvalue weighted by molar-refractivity contribution is 5.95. The number of amides is 2. The van der Waals surface area contributed by atoms with E-state index in [2.05, 4.69) is 21.9 Å². The number of likely N-dealkylation sites (N-methyl/N-ethyl adjacent to an activating group) is 1. The van der Waals surface area contributed by atoms with Crippen molar-refractivity contribution in [3.8, 4) is 12.3 Å². The van der Waals surface area contributed by atoms with Gasteiger partial charge in [0.25, 0.3) is 0 Å². The highest BCUT2D eigenvalue weighted by Crippen LogP contribution is 2.43. The molecule has 0 bridgehead atoms. The first-order chi connectivity index (χ1) is 15.0. The molecule has 0 aliphatic heterocycles. The van der Waals surface area contributed by atoms with Crippen LogP contribution < -0.4 is 16.0 Å². The molecule has 6 heteroatoms. The van der Waals surface area contributed by atoms with Gasteiger partial charge in [-0.3, -0.25) is 14.4 Å². The molecule has 2 aliphatic carbocycles. The number of Topliss-reactive ketones (excluding diaryl/α,β-unsaturated/α-hetero) is 1. The Morgan fingerprint density at radius 1 is 1.10 bits per heavy atom. The predicted octanol–water partition coefficient (Wildman–Crippen LogP) is 2.36. The predicted molar refractivity (Wildman–Crippen MR) is 120 cm³/mol. The fourth-order valence-corrected chi connectivity index (χ4v) is 4.95. The molecule has 2 saturated carbocycles. The summed E-state index contributed by atoms with van der Waals surface area (Å²) in [7, 11) is 1.71. The van der Waals surface area contributed by atoms with E-state index in [4.69, 9.17) is 6.42 Å². The number of hydrogen-bond donors (Lipinski definition) is 3. The molecule has 2 unspecified atom stereocenters. The van der Waals surface area contributed by atoms with Crippen LogP contribution in [-0.4, -0.2) is 36.7 Å². The van der Waals surface area contributed by atoms with Crippen molar-refractivity contribution in [3.05, 3.63) is 35.9 Å². The van der Waals surface area contributed by atoms with E-state index in [1.807, 2.05) is 30.3 Å². The normalized spacial score (nSPS) is 27.7. The molecule has 0 saturated heterocycles. The van der Waals surface area contributed by atoms with Crippen LogP contribution in [0, 0.1) is 30.1 Å². The summed E-state index contributed by atoms with van der Waals surface area (Å²) in [6, 6.07) is 8.00. The second-order valence-corrected chi connectivity index (χ2v) is 8.75. The highest BCUT2D eigenvalue weighted by Gasteiger charge is 2.47. The van der Waals surface area contributed by atoms with E-state index in [9.17, 15) is 14.4 Å². The van der Waals surface area contributed by atoms with Crippen LogP contribution in [0.3, 0.4) is 0 Å². The first kappa shape index (κ1) is 23.0. The average Bonchev–Trinajstić information content (AvgIpc) is 3.21. The summed E-state index contributed by atoms with van der Waals surface area (Å²) in [5, 5.41) is 8.80. The molecule has 2 aliphatic rings. The third-order valence-corrected chi connectivity index (χ3v) is 6.85. The van der Waals surface area contributed by atoms with Gasteiger partial charge in [0.2, 0.25) is 11.8 Å². The Morgan fingerprint density at radius 2 is 1.81 bits per heavy atom. The average molecular weight is 424 g/mol. The van der Waals surface area contributed by atoms with Crippen LogP contribution >= 0.6 is 0 Å². The number of carbonyl (C=O) groups is 3. The van der Waals surface area contributed by atoms with E-state index in [0.29, 0.717) is 12.8 Å². The minimum Gasteiger partial charge on any atom is -0.345 e. The molecule has 3 rings (SSSR count). The van der Waals surface area contributed by atoms with Crippen molar-refractivity contribution in [2.24, 2.45) is 17.8 Å². The second-order valence-electron chi connectivity index (χ2n) is 8.75. The molecule has 0 heterocycles. The van der Waals surface area contributed by atoms with Gasteiger partial charge in [0, 0.05) is 11.8 Å². The number of benzene rings is 1. The third-order valence-electron chi connectivity index (χ3n) is 6.85. The lowest BCUT2D eigenvalue weighted by molar-refractivity contribution is -0.137. The monoisotopic (exact) mass is 423 g/mol. The fourth-order valence-electron chi connectivity index (χ4n) is 4.95. The Morgan fingerprint density at radius 3 is 2.48 bits per heavy atom. The Balaban J connectivity index is 1.76. The largest absolute Gasteiger partial charge is 0.345 e. The van der Waals surface area contributed by atoms with Crippen molar-refractivity contribution in [1.29, 1.82) is 0 Å². The molecule has 0 aromatic heterocycles. The van der Waals surface area contributed by atoms with Crippen LogP contribution in [0.15, 0.2) is 30.3 Å². The van der Waals surface area contributed by atoms with Crippen molar-refractivity contribution in [3.63, 3.8) is 0 Å². The number of terminal acetylenes is 1. The summed E-state index contributed by atoms with van der Waals surface area (Å²) in [5.74, 6) is 1.70. The Hall–Kier alpha value is -2.65. The quantitative estimate of drug-likeness (QED) is 0.613. The maximum atomic E-state index is 13.5. The molecular weight excluding hydrogens is 390 g/mol. The van der Waals surface area contributed by atoms with Gasteiger partial charge >= 0.3 is 0 Å². The molecule has 3 N–H and O–H groups in total. The van der Waals surface area contributed by atoms with Gasteiger partial charge in [-0.2, -0.15) is 0 Å². The first-order valence-electron chi connectivity index (χ1n) is 11.3. The van der Waals surface area contributed by atoms with Crippen LogP contribution in [0.2, 0.25) is 0 Å². The SMILES string of the molecule is C#C[C@@H](NC(=O)C1CC[C@@H]2CCCC[C@H](NC(=O)[C@H](C)NC)C(=O)C12)c1ccccc1. The molecule has 31 heavy (non-hydrogen) atoms. The van der Waals surface area contributed by atoms with Crippen molar-refractivity contribution in [1.82, 2.24) is 16.0 Å². The third kappa shape index (κ3) is 5.34. The van der Waals surface area contributed by atoms with Gasteiger partial charge in [-0.15, -0.1) is 6.42 Å². The Bertz CT molecular complexity index is 832. The lowest BCUT2D eigenvalue weighted by atomic mass is 9.77. The Kier molecular flexibility index (Phi) is 7.86. The molecule has 2 amide bonds. The minimum absolute atomic E-state index is 0.00373. The summed E-state index contributed by atoms with van der Waals surface area (Å²) in [6.45, 7) is 1.76. The summed E-state index contributed by atoms with van der Waals surface area (Å²) in [4.78, 5) is 39.1. The first-order valence-corrected chi connectivity index (χ1v) is 11.3. The maximum Gasteiger partial charge on any atom is 0.237 e. The lowest BCUT2D eigenvalue weighted by Crippen LogP contribution is -2.52. The highest BCUT2D eigenvalue weighted by atomic mass is 16.2. The van der Waals surface area contributed by atoms with E-state index >= 15 is 0 Å². The van der Waals surface area contributed by atoms with E-state index in [-0.39, 0.29) is 35.5 Å². The summed E-state index contributed by atoms with van der Waals surface area (Å²) >= 11 is 0. The molecule has 166 valence electrons. The lowest BCUT2D eigenvalue weighted by Gasteiger charge is -2.31. The molecule has 0 radical (unpaired) electrons. The molecule has 6 nitrogen and oxygen atoms in total. The maximum absolute atomic E-state index is 13.5. The van der Waals surface area contributed by atoms with Crippen molar-refractivity contribution in [2.45, 2.75) is 63.6 Å². The van der Waals surface area contributed by atoms with Gasteiger partial charge < -0.3 is 16.0 Å². The van der Waals surface area contributed by atoms with Gasteiger partial charge in [0.05, 0.1) is 12.1 Å². The molecule has 1 aromatic carbocycles. The molecule has 0 spiro atoms. The van der Waals surface area contributed by atoms with E-state index < -0.39 is 18.0 Å². The fraction of sp³-hybridized carbons (Fsp3) is 0.560. The van der Waals surface area contributed by atoms with Crippen molar-refractivity contribution in [2.75, 3.05) is 7.05 Å². The minimum atomic E-state index is -0.540. The number of ketones is 1. The topological polar surface area (TPSA) is 87.3 Å². The summed E-state index contributed by atoms with van der Waals surface area (Å²) in [5.41, 5.74) is 0.850. The standard InChI is InChI=1S/C25H33N3O3/c1-4-20(17-10-6-5-7-11-17)27-25(31)19-15-14-18-12-8-9-13-21(23(29)22(18)19)28-24(30)16(2)26-3/h1,5-7,10-11,16,18-22,26H,8-9,12-15H2,2-3H3,(H,27,31)(H,28,30)/t16-,18-,19?,20+,21-,22?/m0/s1. The smallest absolute Gasteiger partial charge is 0.237 e. The molecule has 6 atom stereocenters. The van der Waals surface area contributed by atoms with Crippen LogP contribution in [0.5, 0.6) is 0 Å². The summed E-state index contributed by atoms with van der Waals surface area (Å²) in [6.07, 6.45) is 10.7. The molecule has 1 aromatic rings. The zero-order valence-corrected chi connectivity index (χ0v) is 18.4. The number of fused-ring (bicyclic) bond motifs is 1. The second kappa shape index (κ2) is 10.6. The van der Waals surface area contributed by atoms with Crippen molar-refractivity contribution < 1.29 is 14.4 Å². The van der Waals surface area contributed by atoms with E-state index in [1.54, 1.807) is 14.0 Å². The zero-order chi connectivity index (χ0) is 22.4. The number of hydrogen-bond acceptors (Lipinski definition) is 4. The van der Waals surface area contributed by atoms with Gasteiger partial charge in [-0.05, 0) is 51.1 Å². The molecule has 2 fully saturated rings. The van der Waals surface area contributed by atoms with Crippen LogP contribution in [0.25, 0.3) is 0 Å². The summed E-state index contributed by atoms with van der Waals surface area (Å²) < 4.78 is 0. The molecular formula is C25H33N3O3. The van der Waals surface area contributed by atoms with Gasteiger partial charge in [0.1, 0.15) is 6.04 Å². The van der Waals surface area contributed by atoms with Gasteiger partial charge in [-0.25, -0.2) is 0 Å². The van der Waals surface area contributed by atoms with Crippen LogP contribution in [0.4, 0.5) is 0 Å². The zero-order valence-electron chi connectivity index (χ0n) is 18.4. The van der Waals surface area contributed by atoms with E-state index in [0.717, 1.165) is 31.2 Å². The van der Waals surface area contributed by atoms with Gasteiger partial charge in [-0.1, -0.05) is 49.1 Å². The van der Waals surface area contributed by atoms with Crippen LogP contribution in [0.1, 0.15) is 57.1 Å². The van der Waals surface area contributed by atoms with Gasteiger partial charge in [0.15, 0.2) is 5.78 Å². The number of carbonyl (C=O) groups excluding carboxylic acids is 3. The van der Waals surface area contributed by atoms with Crippen molar-refractivity contribution >= 4 is 17.6 Å². The Labute approximate surface area is 184 Å². The number of rotatable bonds is 6. The number of nitrogens with one attached hydrogen (secondary N) is 3.